The number of anilines is 2. The van der Waals surface area contributed by atoms with Crippen LogP contribution in [0.4, 0.5) is 11.4 Å². The molecule has 0 aliphatic heterocycles. The van der Waals surface area contributed by atoms with Crippen LogP contribution in [0.5, 0.6) is 0 Å². The second-order valence-electron chi connectivity index (χ2n) is 6.11. The molecule has 0 bridgehead atoms. The van der Waals surface area contributed by atoms with E-state index in [-0.39, 0.29) is 5.43 Å². The Bertz CT molecular complexity index is 1100. The molecule has 0 atom stereocenters. The van der Waals surface area contributed by atoms with Gasteiger partial charge in [-0.05, 0) is 42.0 Å². The smallest absolute Gasteiger partial charge is 0.195 e. The summed E-state index contributed by atoms with van der Waals surface area (Å²) in [6.07, 6.45) is 0. The molecule has 0 aliphatic carbocycles. The van der Waals surface area contributed by atoms with Crippen LogP contribution < -0.4 is 16.5 Å². The van der Waals surface area contributed by atoms with Crippen molar-refractivity contribution in [2.75, 3.05) is 11.1 Å². The van der Waals surface area contributed by atoms with Crippen molar-refractivity contribution in [3.05, 3.63) is 94.6 Å². The molecule has 0 fully saturated rings. The van der Waals surface area contributed by atoms with Crippen molar-refractivity contribution in [3.8, 4) is 11.3 Å². The van der Waals surface area contributed by atoms with Crippen molar-refractivity contribution in [1.29, 1.82) is 0 Å². The SMILES string of the molecule is Nc1cccc2oc(-c3ccc(NCc4ccccc4)cc3)cc(=O)c12. The first-order valence-electron chi connectivity index (χ1n) is 8.41. The van der Waals surface area contributed by atoms with Gasteiger partial charge in [0.25, 0.3) is 0 Å². The number of nitrogen functional groups attached to an aromatic ring is 1. The predicted molar refractivity (Wildman–Crippen MR) is 106 cm³/mol. The third-order valence-corrected chi connectivity index (χ3v) is 4.30. The van der Waals surface area contributed by atoms with Crippen LogP contribution in [0.3, 0.4) is 0 Å². The van der Waals surface area contributed by atoms with E-state index >= 15 is 0 Å². The van der Waals surface area contributed by atoms with E-state index in [0.29, 0.717) is 22.4 Å². The summed E-state index contributed by atoms with van der Waals surface area (Å²) < 4.78 is 5.88. The molecule has 1 heterocycles. The maximum Gasteiger partial charge on any atom is 0.195 e. The van der Waals surface area contributed by atoms with Gasteiger partial charge in [0, 0.05) is 29.5 Å². The molecule has 1 aromatic heterocycles. The van der Waals surface area contributed by atoms with Crippen molar-refractivity contribution >= 4 is 22.3 Å². The summed E-state index contributed by atoms with van der Waals surface area (Å²) >= 11 is 0. The summed E-state index contributed by atoms with van der Waals surface area (Å²) in [4.78, 5) is 12.4. The van der Waals surface area contributed by atoms with E-state index in [1.54, 1.807) is 18.2 Å². The summed E-state index contributed by atoms with van der Waals surface area (Å²) in [5.74, 6) is 0.530. The van der Waals surface area contributed by atoms with Crippen molar-refractivity contribution in [3.63, 3.8) is 0 Å². The number of hydrogen-bond donors (Lipinski definition) is 2. The van der Waals surface area contributed by atoms with Crippen LogP contribution in [0.15, 0.2) is 88.1 Å². The van der Waals surface area contributed by atoms with Gasteiger partial charge in [0.05, 0.1) is 5.39 Å². The largest absolute Gasteiger partial charge is 0.456 e. The van der Waals surface area contributed by atoms with E-state index in [2.05, 4.69) is 17.4 Å². The maximum absolute atomic E-state index is 12.4. The summed E-state index contributed by atoms with van der Waals surface area (Å²) in [5.41, 5.74) is 9.74. The van der Waals surface area contributed by atoms with Gasteiger partial charge >= 0.3 is 0 Å². The lowest BCUT2D eigenvalue weighted by molar-refractivity contribution is 0.619. The normalized spacial score (nSPS) is 10.8. The molecule has 3 N–H and O–H groups in total. The van der Waals surface area contributed by atoms with Gasteiger partial charge in [0.15, 0.2) is 5.43 Å². The lowest BCUT2D eigenvalue weighted by Crippen LogP contribution is -2.03. The first-order valence-corrected chi connectivity index (χ1v) is 8.41. The van der Waals surface area contributed by atoms with Gasteiger partial charge in [0.1, 0.15) is 11.3 Å². The van der Waals surface area contributed by atoms with Gasteiger partial charge in [-0.15, -0.1) is 0 Å². The Morgan fingerprint density at radius 2 is 1.65 bits per heavy atom. The highest BCUT2D eigenvalue weighted by Crippen LogP contribution is 2.25. The molecule has 4 heteroatoms. The fourth-order valence-electron chi connectivity index (χ4n) is 2.93. The molecule has 0 unspecified atom stereocenters. The predicted octanol–water partition coefficient (Wildman–Crippen LogP) is 4.65. The highest BCUT2D eigenvalue weighted by molar-refractivity contribution is 5.89. The van der Waals surface area contributed by atoms with Gasteiger partial charge in [-0.1, -0.05) is 36.4 Å². The van der Waals surface area contributed by atoms with Crippen LogP contribution in [0.1, 0.15) is 5.56 Å². The lowest BCUT2D eigenvalue weighted by Gasteiger charge is -2.08. The molecule has 0 amide bonds. The fraction of sp³-hybridized carbons (Fsp3) is 0.0455. The van der Waals surface area contributed by atoms with Gasteiger partial charge in [-0.2, -0.15) is 0 Å². The topological polar surface area (TPSA) is 68.3 Å². The number of fused-ring (bicyclic) bond motifs is 1. The number of benzene rings is 3. The third-order valence-electron chi connectivity index (χ3n) is 4.30. The average Bonchev–Trinajstić information content (AvgIpc) is 2.67. The molecule has 0 spiro atoms. The van der Waals surface area contributed by atoms with Gasteiger partial charge in [0.2, 0.25) is 0 Å². The van der Waals surface area contributed by atoms with Crippen molar-refractivity contribution < 1.29 is 4.42 Å². The van der Waals surface area contributed by atoms with Crippen molar-refractivity contribution in [2.45, 2.75) is 6.54 Å². The van der Waals surface area contributed by atoms with Gasteiger partial charge in [-0.25, -0.2) is 0 Å². The summed E-state index contributed by atoms with van der Waals surface area (Å²) in [7, 11) is 0. The minimum Gasteiger partial charge on any atom is -0.456 e. The standard InChI is InChI=1S/C22H18N2O2/c23-18-7-4-8-20-22(18)19(25)13-21(26-20)16-9-11-17(12-10-16)24-14-15-5-2-1-3-6-15/h1-13,24H,14,23H2. The maximum atomic E-state index is 12.4. The first kappa shape index (κ1) is 16.0. The zero-order valence-electron chi connectivity index (χ0n) is 14.1. The van der Waals surface area contributed by atoms with Gasteiger partial charge in [-0.3, -0.25) is 4.79 Å². The summed E-state index contributed by atoms with van der Waals surface area (Å²) in [6.45, 7) is 0.754. The van der Waals surface area contributed by atoms with Crippen LogP contribution in [0.25, 0.3) is 22.3 Å². The van der Waals surface area contributed by atoms with Crippen LogP contribution in [-0.2, 0) is 6.54 Å². The van der Waals surface area contributed by atoms with Crippen molar-refractivity contribution in [2.24, 2.45) is 0 Å². The van der Waals surface area contributed by atoms with Crippen molar-refractivity contribution in [1.82, 2.24) is 0 Å². The summed E-state index contributed by atoms with van der Waals surface area (Å²) in [6, 6.07) is 24.8. The number of hydrogen-bond acceptors (Lipinski definition) is 4. The average molecular weight is 342 g/mol. The molecule has 0 saturated carbocycles. The molecule has 0 saturated heterocycles. The van der Waals surface area contributed by atoms with Gasteiger partial charge < -0.3 is 15.5 Å². The monoisotopic (exact) mass is 342 g/mol. The Morgan fingerprint density at radius 1 is 0.885 bits per heavy atom. The van der Waals surface area contributed by atoms with E-state index in [1.165, 1.54) is 11.6 Å². The van der Waals surface area contributed by atoms with Crippen LogP contribution in [-0.4, -0.2) is 0 Å². The summed E-state index contributed by atoms with van der Waals surface area (Å²) in [5, 5.41) is 3.81. The molecule has 4 rings (SSSR count). The Kier molecular flexibility index (Phi) is 4.15. The zero-order valence-corrected chi connectivity index (χ0v) is 14.1. The molecule has 26 heavy (non-hydrogen) atoms. The van der Waals surface area contributed by atoms with Crippen LogP contribution in [0.2, 0.25) is 0 Å². The fourth-order valence-corrected chi connectivity index (χ4v) is 2.93. The van der Waals surface area contributed by atoms with E-state index in [9.17, 15) is 4.79 Å². The molecule has 0 radical (unpaired) electrons. The second kappa shape index (κ2) is 6.76. The van der Waals surface area contributed by atoms with Crippen LogP contribution >= 0.6 is 0 Å². The quantitative estimate of drug-likeness (QED) is 0.530. The number of nitrogens with two attached hydrogens (primary N) is 1. The Hall–Kier alpha value is -3.53. The Labute approximate surface area is 150 Å². The molecule has 3 aromatic carbocycles. The van der Waals surface area contributed by atoms with E-state index in [1.807, 2.05) is 42.5 Å². The highest BCUT2D eigenvalue weighted by atomic mass is 16.3. The Morgan fingerprint density at radius 3 is 2.42 bits per heavy atom. The second-order valence-corrected chi connectivity index (χ2v) is 6.11. The number of rotatable bonds is 4. The lowest BCUT2D eigenvalue weighted by atomic mass is 10.1. The highest BCUT2D eigenvalue weighted by Gasteiger charge is 2.09. The number of nitrogens with one attached hydrogen (secondary N) is 1. The minimum absolute atomic E-state index is 0.134. The van der Waals surface area contributed by atoms with E-state index < -0.39 is 0 Å². The molecular formula is C22H18N2O2. The molecule has 128 valence electrons. The first-order chi connectivity index (χ1) is 12.7. The Balaban J connectivity index is 1.59. The zero-order chi connectivity index (χ0) is 17.9. The van der Waals surface area contributed by atoms with Crippen LogP contribution in [0, 0.1) is 0 Å². The molecular weight excluding hydrogens is 324 g/mol. The third kappa shape index (κ3) is 3.17. The minimum atomic E-state index is -0.134. The molecule has 0 aliphatic rings. The molecule has 4 nitrogen and oxygen atoms in total. The molecule has 4 aromatic rings. The van der Waals surface area contributed by atoms with E-state index in [0.717, 1.165) is 17.8 Å². The van der Waals surface area contributed by atoms with E-state index in [4.69, 9.17) is 10.2 Å².